The maximum Gasteiger partial charge on any atom is 1.00 e. The Morgan fingerprint density at radius 2 is 1.21 bits per heavy atom. The van der Waals surface area contributed by atoms with Crippen LogP contribution in [0.3, 0.4) is 0 Å². The van der Waals surface area contributed by atoms with E-state index in [1.165, 1.54) is 55.5 Å². The van der Waals surface area contributed by atoms with Gasteiger partial charge in [-0.05, 0) is 96.1 Å². The molecule has 334 valence electrons. The Morgan fingerprint density at radius 3 is 1.74 bits per heavy atom. The molecule has 0 saturated carbocycles. The van der Waals surface area contributed by atoms with Gasteiger partial charge in [0.25, 0.3) is 0 Å². The van der Waals surface area contributed by atoms with Crippen LogP contribution in [-0.2, 0) is 39.7 Å². The molecular formula is C40H23Li4N9O12S5. The first-order valence-electron chi connectivity index (χ1n) is 18.1. The van der Waals surface area contributed by atoms with Crippen LogP contribution in [0.15, 0.2) is 149 Å². The third-order valence-corrected chi connectivity index (χ3v) is 13.3. The molecule has 0 fully saturated rings. The van der Waals surface area contributed by atoms with Crippen LogP contribution in [0.2, 0.25) is 0 Å². The summed E-state index contributed by atoms with van der Waals surface area (Å²) in [4.78, 5) is 3.01. The van der Waals surface area contributed by atoms with E-state index in [1.54, 1.807) is 30.3 Å². The van der Waals surface area contributed by atoms with Crippen molar-refractivity contribution in [1.82, 2.24) is 4.98 Å². The number of nitriles is 2. The van der Waals surface area contributed by atoms with E-state index < -0.39 is 45.0 Å². The number of pyridine rings is 1. The second-order valence-electron chi connectivity index (χ2n) is 13.3. The standard InChI is InChI=1S/C40H27N9O12S5.4Li/c1-22-32(20-41)37(43-25-7-12-29(13-8-25)64(51,52)53)45-38(44-26-9-14-30(15-10-26)65(54,55)56)36(22)47-48-39-33(21-42)35(23-5-3-2-4-6-23)40(62-39)49-46-27-11-16-31-24(17-27)18-28(63-61-60-50)19-34(31)66(57,58)59;;;;/h2-19,50H,1H3,(H2,43,44,45)(H,51,52,53)(H,54,55,56)(H,57,58,59);;;;/q;4*+1/p-4. The molecule has 30 heteroatoms. The minimum absolute atomic E-state index is 0. The fraction of sp³-hybridized carbons (Fsp3) is 0.0250. The second-order valence-corrected chi connectivity index (χ2v) is 19.2. The molecule has 0 bridgehead atoms. The molecule has 0 saturated heterocycles. The quantitative estimate of drug-likeness (QED) is 0.0249. The van der Waals surface area contributed by atoms with Gasteiger partial charge in [-0.25, -0.2) is 30.2 Å². The molecule has 0 aliphatic carbocycles. The monoisotopic (exact) mass is 1010 g/mol. The number of azo groups is 2. The molecular weight excluding hydrogens is 987 g/mol. The number of benzene rings is 5. The van der Waals surface area contributed by atoms with Gasteiger partial charge < -0.3 is 29.5 Å². The van der Waals surface area contributed by atoms with E-state index in [0.717, 1.165) is 41.7 Å². The zero-order chi connectivity index (χ0) is 47.4. The largest absolute Gasteiger partial charge is 1.00 e. The molecule has 0 aliphatic rings. The van der Waals surface area contributed by atoms with Crippen LogP contribution in [0, 0.1) is 29.6 Å². The number of fused-ring (bicyclic) bond motifs is 1. The van der Waals surface area contributed by atoms with Crippen molar-refractivity contribution < 1.29 is 129 Å². The summed E-state index contributed by atoms with van der Waals surface area (Å²) in [5.41, 5.74) is 1.60. The predicted octanol–water partition coefficient (Wildman–Crippen LogP) is -3.71. The molecule has 0 radical (unpaired) electrons. The zero-order valence-electron chi connectivity index (χ0n) is 37.0. The summed E-state index contributed by atoms with van der Waals surface area (Å²) in [5, 5.41) is 58.6. The molecule has 21 nitrogen and oxygen atoms in total. The number of rotatable bonds is 15. The van der Waals surface area contributed by atoms with E-state index >= 15 is 0 Å². The molecule has 2 heterocycles. The van der Waals surface area contributed by atoms with Crippen molar-refractivity contribution in [2.75, 3.05) is 10.6 Å². The molecule has 0 unspecified atom stereocenters. The normalized spacial score (nSPS) is 11.4. The van der Waals surface area contributed by atoms with Crippen molar-refractivity contribution in [3.63, 3.8) is 0 Å². The van der Waals surface area contributed by atoms with E-state index in [-0.39, 0.29) is 152 Å². The van der Waals surface area contributed by atoms with Crippen molar-refractivity contribution in [2.24, 2.45) is 20.5 Å². The first kappa shape index (κ1) is 59.6. The van der Waals surface area contributed by atoms with Crippen LogP contribution >= 0.6 is 23.4 Å². The predicted molar refractivity (Wildman–Crippen MR) is 232 cm³/mol. The van der Waals surface area contributed by atoms with E-state index in [2.05, 4.69) is 51.5 Å². The summed E-state index contributed by atoms with van der Waals surface area (Å²) in [7, 11) is -14.5. The van der Waals surface area contributed by atoms with Crippen molar-refractivity contribution in [2.45, 2.75) is 26.5 Å². The van der Waals surface area contributed by atoms with Gasteiger partial charge in [0, 0.05) is 27.4 Å². The Labute approximate surface area is 455 Å². The van der Waals surface area contributed by atoms with Crippen LogP contribution < -0.4 is 91.3 Å². The van der Waals surface area contributed by atoms with Crippen LogP contribution in [-0.4, -0.2) is 43.9 Å². The minimum atomic E-state index is -4.99. The minimum Gasteiger partial charge on any atom is -0.744 e. The third kappa shape index (κ3) is 14.1. The van der Waals surface area contributed by atoms with Crippen molar-refractivity contribution in [3.05, 3.63) is 126 Å². The van der Waals surface area contributed by atoms with Crippen molar-refractivity contribution in [1.29, 1.82) is 10.5 Å². The summed E-state index contributed by atoms with van der Waals surface area (Å²) in [6.07, 6.45) is 0. The molecule has 7 rings (SSSR count). The van der Waals surface area contributed by atoms with Gasteiger partial charge in [-0.3, -0.25) is 5.04 Å². The smallest absolute Gasteiger partial charge is 0.744 e. The molecule has 70 heavy (non-hydrogen) atoms. The van der Waals surface area contributed by atoms with Gasteiger partial charge in [0.15, 0.2) is 16.6 Å². The van der Waals surface area contributed by atoms with E-state index in [9.17, 15) is 54.7 Å². The first-order chi connectivity index (χ1) is 31.4. The van der Waals surface area contributed by atoms with E-state index in [1.807, 2.05) is 6.07 Å². The Hall–Kier alpha value is -4.66. The number of nitrogens with one attached hydrogen (secondary N) is 2. The molecule has 2 N–H and O–H groups in total. The van der Waals surface area contributed by atoms with Gasteiger partial charge in [-0.1, -0.05) is 47.7 Å². The van der Waals surface area contributed by atoms with Gasteiger partial charge in [-0.2, -0.15) is 14.9 Å². The number of aromatic nitrogens is 1. The van der Waals surface area contributed by atoms with Crippen LogP contribution in [0.25, 0.3) is 21.9 Å². The number of hydrogen-bond acceptors (Lipinski definition) is 23. The van der Waals surface area contributed by atoms with E-state index in [0.29, 0.717) is 23.2 Å². The molecule has 2 aromatic heterocycles. The van der Waals surface area contributed by atoms with Gasteiger partial charge in [-0.15, -0.1) is 20.5 Å². The summed E-state index contributed by atoms with van der Waals surface area (Å²) in [6.45, 7) is 1.52. The summed E-state index contributed by atoms with van der Waals surface area (Å²) < 4.78 is 110. The maximum absolute atomic E-state index is 12.1. The molecule has 5 aromatic carbocycles. The number of hydrogen-bond donors (Lipinski definition) is 2. The SMILES string of the molecule is Cc1c(C#N)c(Nc2ccc(S(=O)(=O)[O-])cc2)nc(Nc2ccc(S(=O)(=O)[O-])cc2)c1N=Nc1sc(N=Nc2ccc3c(S(=O)(=O)[O-])cc(SOO[O-])cc3c2)c(-c2ccccc2)c1C#N.[Li+].[Li+].[Li+].[Li+]. The Kier molecular flexibility index (Phi) is 21.4. The molecule has 7 aromatic rings. The van der Waals surface area contributed by atoms with Gasteiger partial charge in [0.05, 0.1) is 38.0 Å². The van der Waals surface area contributed by atoms with Crippen LogP contribution in [0.4, 0.5) is 44.4 Å². The second kappa shape index (κ2) is 25.1. The van der Waals surface area contributed by atoms with E-state index in [4.69, 9.17) is 0 Å². The van der Waals surface area contributed by atoms with Crippen molar-refractivity contribution in [3.8, 4) is 23.3 Å². The average molecular weight is 1010 g/mol. The third-order valence-electron chi connectivity index (χ3n) is 9.18. The molecule has 0 amide bonds. The van der Waals surface area contributed by atoms with Crippen LogP contribution in [0.1, 0.15) is 16.7 Å². The summed E-state index contributed by atoms with van der Waals surface area (Å²) in [6, 6.07) is 28.8. The van der Waals surface area contributed by atoms with Gasteiger partial charge >= 0.3 is 75.4 Å². The van der Waals surface area contributed by atoms with Crippen LogP contribution in [0.5, 0.6) is 0 Å². The Balaban J connectivity index is 0.00000324. The van der Waals surface area contributed by atoms with Gasteiger partial charge in [0.2, 0.25) is 0 Å². The number of thiophene rings is 1. The first-order valence-corrected chi connectivity index (χ1v) is 23.9. The summed E-state index contributed by atoms with van der Waals surface area (Å²) in [5.74, 6) is -0.124. The Morgan fingerprint density at radius 1 is 0.657 bits per heavy atom. The molecule has 0 atom stereocenters. The molecule has 0 spiro atoms. The Bertz CT molecular complexity index is 3550. The fourth-order valence-electron chi connectivity index (χ4n) is 6.20. The van der Waals surface area contributed by atoms with Gasteiger partial charge in [0.1, 0.15) is 58.7 Å². The number of anilines is 4. The number of nitrogens with zero attached hydrogens (tertiary/aromatic N) is 7. The van der Waals surface area contributed by atoms with Crippen molar-refractivity contribution >= 4 is 109 Å². The fourth-order valence-corrected chi connectivity index (χ4v) is 9.31. The topological polar surface area (TPSA) is 347 Å². The average Bonchev–Trinajstić information content (AvgIpc) is 3.64. The maximum atomic E-state index is 12.1. The zero-order valence-corrected chi connectivity index (χ0v) is 41.0. The summed E-state index contributed by atoms with van der Waals surface area (Å²) >= 11 is 1.28. The molecule has 0 aliphatic heterocycles.